The van der Waals surface area contributed by atoms with Crippen LogP contribution in [0.3, 0.4) is 0 Å². The van der Waals surface area contributed by atoms with Gasteiger partial charge in [-0.25, -0.2) is 0 Å². The molecule has 0 saturated heterocycles. The first-order chi connectivity index (χ1) is 14.0. The molecule has 4 aromatic rings. The number of furan rings is 2. The molecule has 0 aliphatic heterocycles. The van der Waals surface area contributed by atoms with Crippen LogP contribution in [0.25, 0.3) is 22.6 Å². The molecular weight excluding hydrogens is 477 g/mol. The van der Waals surface area contributed by atoms with Gasteiger partial charge < -0.3 is 14.2 Å². The lowest BCUT2D eigenvalue weighted by atomic mass is 10.2. The van der Waals surface area contributed by atoms with Crippen LogP contribution in [0.4, 0.5) is 0 Å². The molecule has 2 heterocycles. The molecular formula is C22H14BrCl2NO3. The second kappa shape index (κ2) is 8.49. The monoisotopic (exact) mass is 489 g/mol. The second-order valence-corrected chi connectivity index (χ2v) is 8.00. The Kier molecular flexibility index (Phi) is 5.81. The van der Waals surface area contributed by atoms with Gasteiger partial charge in [0.25, 0.3) is 5.91 Å². The van der Waals surface area contributed by atoms with Gasteiger partial charge in [-0.3, -0.25) is 4.79 Å². The highest BCUT2D eigenvalue weighted by molar-refractivity contribution is 9.10. The van der Waals surface area contributed by atoms with E-state index in [2.05, 4.69) is 21.2 Å². The van der Waals surface area contributed by atoms with Gasteiger partial charge in [-0.1, -0.05) is 51.3 Å². The third-order valence-electron chi connectivity index (χ3n) is 4.24. The molecule has 4 nitrogen and oxygen atoms in total. The molecule has 0 radical (unpaired) electrons. The third kappa shape index (κ3) is 4.58. The Morgan fingerprint density at radius 2 is 1.66 bits per heavy atom. The van der Waals surface area contributed by atoms with E-state index >= 15 is 0 Å². The maximum atomic E-state index is 12.4. The van der Waals surface area contributed by atoms with Crippen LogP contribution in [0.2, 0.25) is 10.0 Å². The van der Waals surface area contributed by atoms with Crippen molar-refractivity contribution in [3.63, 3.8) is 0 Å². The van der Waals surface area contributed by atoms with Crippen LogP contribution in [0.1, 0.15) is 16.3 Å². The predicted octanol–water partition coefficient (Wildman–Crippen LogP) is 7.21. The summed E-state index contributed by atoms with van der Waals surface area (Å²) in [5, 5.41) is 3.77. The average molecular weight is 491 g/mol. The van der Waals surface area contributed by atoms with Gasteiger partial charge in [-0.15, -0.1) is 0 Å². The fourth-order valence-electron chi connectivity index (χ4n) is 2.79. The molecule has 4 rings (SSSR count). The van der Waals surface area contributed by atoms with E-state index in [1.54, 1.807) is 30.3 Å². The molecule has 0 saturated carbocycles. The lowest BCUT2D eigenvalue weighted by Gasteiger charge is -2.03. The standard InChI is InChI=1S/C22H14BrCl2NO3/c23-14-3-1-13(2-4-14)19-8-6-16(28-19)12-26-22(27)21-10-9-20(29-21)17-7-5-15(24)11-18(17)25/h1-11H,12H2,(H,26,27). The molecule has 0 aliphatic carbocycles. The molecule has 7 heteroatoms. The maximum Gasteiger partial charge on any atom is 0.287 e. The average Bonchev–Trinajstić information content (AvgIpc) is 3.37. The van der Waals surface area contributed by atoms with E-state index in [-0.39, 0.29) is 18.2 Å². The molecule has 0 unspecified atom stereocenters. The number of benzene rings is 2. The quantitative estimate of drug-likeness (QED) is 0.321. The second-order valence-electron chi connectivity index (χ2n) is 6.24. The van der Waals surface area contributed by atoms with E-state index in [1.165, 1.54) is 0 Å². The maximum absolute atomic E-state index is 12.4. The van der Waals surface area contributed by atoms with Crippen LogP contribution in [0, 0.1) is 0 Å². The number of amides is 1. The van der Waals surface area contributed by atoms with Gasteiger partial charge in [-0.2, -0.15) is 0 Å². The summed E-state index contributed by atoms with van der Waals surface area (Å²) in [5.74, 6) is 1.71. The Morgan fingerprint density at radius 3 is 2.41 bits per heavy atom. The first-order valence-electron chi connectivity index (χ1n) is 8.68. The lowest BCUT2D eigenvalue weighted by Crippen LogP contribution is -2.21. The van der Waals surface area contributed by atoms with E-state index in [4.69, 9.17) is 32.0 Å². The molecule has 1 amide bonds. The van der Waals surface area contributed by atoms with Gasteiger partial charge in [0.1, 0.15) is 17.3 Å². The molecule has 0 fully saturated rings. The topological polar surface area (TPSA) is 55.4 Å². The largest absolute Gasteiger partial charge is 0.459 e. The van der Waals surface area contributed by atoms with Crippen LogP contribution >= 0.6 is 39.1 Å². The summed E-state index contributed by atoms with van der Waals surface area (Å²) in [7, 11) is 0. The minimum atomic E-state index is -0.345. The summed E-state index contributed by atoms with van der Waals surface area (Å²) in [5.41, 5.74) is 1.63. The number of nitrogens with one attached hydrogen (secondary N) is 1. The number of rotatable bonds is 5. The van der Waals surface area contributed by atoms with E-state index < -0.39 is 0 Å². The Hall–Kier alpha value is -2.47. The van der Waals surface area contributed by atoms with Gasteiger partial charge in [0, 0.05) is 20.6 Å². The Morgan fingerprint density at radius 1 is 0.897 bits per heavy atom. The zero-order chi connectivity index (χ0) is 20.4. The molecule has 0 bridgehead atoms. The van der Waals surface area contributed by atoms with Crippen molar-refractivity contribution < 1.29 is 13.6 Å². The summed E-state index contributed by atoms with van der Waals surface area (Å²) in [4.78, 5) is 12.4. The van der Waals surface area contributed by atoms with E-state index in [0.29, 0.717) is 27.1 Å². The van der Waals surface area contributed by atoms with Gasteiger partial charge in [0.15, 0.2) is 5.76 Å². The van der Waals surface area contributed by atoms with Crippen LogP contribution < -0.4 is 5.32 Å². The summed E-state index contributed by atoms with van der Waals surface area (Å²) >= 11 is 15.5. The van der Waals surface area contributed by atoms with Crippen LogP contribution in [-0.4, -0.2) is 5.91 Å². The minimum absolute atomic E-state index is 0.186. The van der Waals surface area contributed by atoms with Gasteiger partial charge in [0.05, 0.1) is 11.6 Å². The normalized spacial score (nSPS) is 10.9. The van der Waals surface area contributed by atoms with Crippen LogP contribution in [-0.2, 0) is 6.54 Å². The Balaban J connectivity index is 1.42. The SMILES string of the molecule is O=C(NCc1ccc(-c2ccc(Br)cc2)o1)c1ccc(-c2ccc(Cl)cc2Cl)o1. The van der Waals surface area contributed by atoms with Crippen molar-refractivity contribution in [2.24, 2.45) is 0 Å². The van der Waals surface area contributed by atoms with Crippen molar-refractivity contribution >= 4 is 45.0 Å². The van der Waals surface area contributed by atoms with E-state index in [9.17, 15) is 4.79 Å². The molecule has 2 aromatic carbocycles. The van der Waals surface area contributed by atoms with Crippen molar-refractivity contribution in [1.82, 2.24) is 5.32 Å². The lowest BCUT2D eigenvalue weighted by molar-refractivity contribution is 0.0921. The van der Waals surface area contributed by atoms with E-state index in [0.717, 1.165) is 15.8 Å². The van der Waals surface area contributed by atoms with Crippen molar-refractivity contribution in [3.8, 4) is 22.6 Å². The van der Waals surface area contributed by atoms with Gasteiger partial charge in [-0.05, 0) is 54.6 Å². The first-order valence-corrected chi connectivity index (χ1v) is 10.2. The number of carbonyl (C=O) groups excluding carboxylic acids is 1. The van der Waals surface area contributed by atoms with Gasteiger partial charge >= 0.3 is 0 Å². The zero-order valence-electron chi connectivity index (χ0n) is 14.9. The summed E-state index contributed by atoms with van der Waals surface area (Å²) < 4.78 is 12.5. The Labute approximate surface area is 185 Å². The first kappa shape index (κ1) is 19.8. The number of hydrogen-bond acceptors (Lipinski definition) is 3. The molecule has 2 aromatic heterocycles. The molecule has 146 valence electrons. The number of carbonyl (C=O) groups is 1. The smallest absolute Gasteiger partial charge is 0.287 e. The molecule has 0 atom stereocenters. The number of hydrogen-bond donors (Lipinski definition) is 1. The molecule has 29 heavy (non-hydrogen) atoms. The van der Waals surface area contributed by atoms with E-state index in [1.807, 2.05) is 36.4 Å². The molecule has 0 spiro atoms. The Bertz CT molecular complexity index is 1170. The third-order valence-corrected chi connectivity index (χ3v) is 5.32. The number of halogens is 3. The predicted molar refractivity (Wildman–Crippen MR) is 117 cm³/mol. The highest BCUT2D eigenvalue weighted by atomic mass is 79.9. The summed E-state index contributed by atoms with van der Waals surface area (Å²) in [6.45, 7) is 0.243. The minimum Gasteiger partial charge on any atom is -0.459 e. The van der Waals surface area contributed by atoms with Crippen molar-refractivity contribution in [1.29, 1.82) is 0 Å². The van der Waals surface area contributed by atoms with Crippen LogP contribution in [0.5, 0.6) is 0 Å². The van der Waals surface area contributed by atoms with Crippen molar-refractivity contribution in [2.75, 3.05) is 0 Å². The highest BCUT2D eigenvalue weighted by Crippen LogP contribution is 2.31. The van der Waals surface area contributed by atoms with Gasteiger partial charge in [0.2, 0.25) is 0 Å². The highest BCUT2D eigenvalue weighted by Gasteiger charge is 2.15. The van der Waals surface area contributed by atoms with Crippen molar-refractivity contribution in [3.05, 3.63) is 92.8 Å². The van der Waals surface area contributed by atoms with Crippen LogP contribution in [0.15, 0.2) is 80.0 Å². The molecule has 1 N–H and O–H groups in total. The fourth-order valence-corrected chi connectivity index (χ4v) is 3.56. The fraction of sp³-hybridized carbons (Fsp3) is 0.0455. The van der Waals surface area contributed by atoms with Crippen molar-refractivity contribution in [2.45, 2.75) is 6.54 Å². The summed E-state index contributed by atoms with van der Waals surface area (Å²) in [6, 6.07) is 19.9. The molecule has 0 aliphatic rings. The summed E-state index contributed by atoms with van der Waals surface area (Å²) in [6.07, 6.45) is 0. The zero-order valence-corrected chi connectivity index (χ0v) is 18.0.